The van der Waals surface area contributed by atoms with Crippen molar-refractivity contribution in [3.63, 3.8) is 0 Å². The predicted molar refractivity (Wildman–Crippen MR) is 112 cm³/mol. The van der Waals surface area contributed by atoms with Gasteiger partial charge in [-0.3, -0.25) is 0 Å². The molecule has 3 rings (SSSR count). The molecule has 146 valence electrons. The van der Waals surface area contributed by atoms with E-state index < -0.39 is 21.8 Å². The normalized spacial score (nSPS) is 13.2. The van der Waals surface area contributed by atoms with Crippen molar-refractivity contribution in [2.75, 3.05) is 0 Å². The average molecular weight is 427 g/mol. The van der Waals surface area contributed by atoms with Crippen molar-refractivity contribution in [1.82, 2.24) is 4.72 Å². The molecule has 0 aliphatic rings. The fourth-order valence-electron chi connectivity index (χ4n) is 2.78. The van der Waals surface area contributed by atoms with Crippen LogP contribution in [0.3, 0.4) is 0 Å². The molecule has 3 aromatic carbocycles. The molecule has 0 saturated carbocycles. The molecular formula is C21H17ClN3O3S+. The Morgan fingerprint density at radius 3 is 2.07 bits per heavy atom. The van der Waals surface area contributed by atoms with Crippen molar-refractivity contribution >= 4 is 27.4 Å². The smallest absolute Gasteiger partial charge is 0.425 e. The molecule has 0 amide bonds. The van der Waals surface area contributed by atoms with Crippen LogP contribution in [0.2, 0.25) is 5.02 Å². The van der Waals surface area contributed by atoms with Crippen LogP contribution in [0, 0.1) is 5.39 Å². The molecule has 8 heteroatoms. The molecule has 0 aliphatic heterocycles. The van der Waals surface area contributed by atoms with Crippen LogP contribution in [0.5, 0.6) is 0 Å². The van der Waals surface area contributed by atoms with Crippen molar-refractivity contribution in [2.45, 2.75) is 10.9 Å². The number of benzene rings is 3. The Hall–Kier alpha value is -3.18. The lowest BCUT2D eigenvalue weighted by Gasteiger charge is -2.14. The first-order chi connectivity index (χ1) is 13.9. The zero-order chi connectivity index (χ0) is 20.9. The largest absolute Gasteiger partial charge is 0.501 e. The van der Waals surface area contributed by atoms with Crippen LogP contribution in [-0.2, 0) is 10.0 Å². The molecule has 1 unspecified atom stereocenters. The van der Waals surface area contributed by atoms with Crippen LogP contribution >= 0.6 is 11.6 Å². The number of hydrogen-bond acceptors (Lipinski definition) is 4. The van der Waals surface area contributed by atoms with Gasteiger partial charge in [0.25, 0.3) is 0 Å². The summed E-state index contributed by atoms with van der Waals surface area (Å²) in [4.78, 5) is 3.24. The summed E-state index contributed by atoms with van der Waals surface area (Å²) < 4.78 is 28.3. The van der Waals surface area contributed by atoms with Gasteiger partial charge in [-0.1, -0.05) is 72.3 Å². The first-order valence-electron chi connectivity index (χ1n) is 8.59. The Kier molecular flexibility index (Phi) is 6.29. The number of diazo groups is 1. The molecule has 3 aromatic rings. The van der Waals surface area contributed by atoms with E-state index in [0.717, 1.165) is 0 Å². The van der Waals surface area contributed by atoms with E-state index in [1.54, 1.807) is 66.7 Å². The molecule has 6 nitrogen and oxygen atoms in total. The SMILES string of the molecule is N#[N+]/C(=C(/O)c1ccccc1Cl)C(NS(=O)(=O)c1ccccc1)c1ccccc1. The summed E-state index contributed by atoms with van der Waals surface area (Å²) in [6.07, 6.45) is 0. The zero-order valence-electron chi connectivity index (χ0n) is 15.1. The van der Waals surface area contributed by atoms with Crippen LogP contribution in [-0.4, -0.2) is 13.5 Å². The maximum Gasteiger partial charge on any atom is 0.425 e. The molecule has 0 aliphatic carbocycles. The summed E-state index contributed by atoms with van der Waals surface area (Å²) in [5, 5.41) is 20.7. The number of halogens is 1. The third-order valence-corrected chi connectivity index (χ3v) is 5.98. The predicted octanol–water partition coefficient (Wildman–Crippen LogP) is 5.14. The number of nitrogens with zero attached hydrogens (tertiary/aromatic N) is 2. The van der Waals surface area contributed by atoms with Crippen molar-refractivity contribution in [2.24, 2.45) is 0 Å². The number of aliphatic hydroxyl groups is 1. The third-order valence-electron chi connectivity index (χ3n) is 4.21. The Bertz CT molecular complexity index is 1170. The summed E-state index contributed by atoms with van der Waals surface area (Å²) in [6, 6.07) is 21.5. The van der Waals surface area contributed by atoms with Gasteiger partial charge in [-0.05, 0) is 29.8 Å². The maximum absolute atomic E-state index is 12.9. The van der Waals surface area contributed by atoms with Gasteiger partial charge in [0.15, 0.2) is 11.0 Å². The number of sulfonamides is 1. The minimum atomic E-state index is -3.99. The molecule has 1 atom stereocenters. The van der Waals surface area contributed by atoms with Gasteiger partial charge in [0.1, 0.15) is 0 Å². The number of hydrogen-bond donors (Lipinski definition) is 2. The van der Waals surface area contributed by atoms with Crippen molar-refractivity contribution in [3.05, 3.63) is 112 Å². The summed E-state index contributed by atoms with van der Waals surface area (Å²) in [7, 11) is -3.99. The van der Waals surface area contributed by atoms with E-state index >= 15 is 0 Å². The van der Waals surface area contributed by atoms with Gasteiger partial charge in [-0.2, -0.15) is 4.72 Å². The second kappa shape index (κ2) is 8.88. The lowest BCUT2D eigenvalue weighted by molar-refractivity contribution is 0.500. The van der Waals surface area contributed by atoms with E-state index in [9.17, 15) is 18.9 Å². The van der Waals surface area contributed by atoms with Gasteiger partial charge < -0.3 is 5.11 Å². The number of aliphatic hydroxyl groups excluding tert-OH is 1. The van der Waals surface area contributed by atoms with Gasteiger partial charge in [-0.15, -0.1) is 0 Å². The van der Waals surface area contributed by atoms with Gasteiger partial charge in [0, 0.05) is 5.56 Å². The highest BCUT2D eigenvalue weighted by atomic mass is 35.5. The molecule has 2 N–H and O–H groups in total. The highest BCUT2D eigenvalue weighted by Gasteiger charge is 2.37. The van der Waals surface area contributed by atoms with E-state index in [1.807, 2.05) is 0 Å². The van der Waals surface area contributed by atoms with E-state index in [4.69, 9.17) is 11.6 Å². The average Bonchev–Trinajstić information content (AvgIpc) is 2.75. The highest BCUT2D eigenvalue weighted by Crippen LogP contribution is 2.33. The summed E-state index contributed by atoms with van der Waals surface area (Å²) >= 11 is 6.14. The third kappa shape index (κ3) is 4.63. The second-order valence-electron chi connectivity index (χ2n) is 6.09. The van der Waals surface area contributed by atoms with Crippen molar-refractivity contribution < 1.29 is 13.5 Å². The molecule has 0 radical (unpaired) electrons. The van der Waals surface area contributed by atoms with Crippen molar-refractivity contribution in [3.8, 4) is 0 Å². The summed E-state index contributed by atoms with van der Waals surface area (Å²) in [5.41, 5.74) is 0.393. The number of rotatable bonds is 6. The molecular weight excluding hydrogens is 410 g/mol. The van der Waals surface area contributed by atoms with Gasteiger partial charge in [0.2, 0.25) is 21.2 Å². The Labute approximate surface area is 173 Å². The molecule has 0 bridgehead atoms. The van der Waals surface area contributed by atoms with Crippen LogP contribution in [0.4, 0.5) is 0 Å². The molecule has 0 heterocycles. The van der Waals surface area contributed by atoms with Crippen LogP contribution in [0.25, 0.3) is 10.7 Å². The van der Waals surface area contributed by atoms with Crippen LogP contribution in [0.15, 0.2) is 95.5 Å². The molecule has 0 saturated heterocycles. The summed E-state index contributed by atoms with van der Waals surface area (Å²) in [5.74, 6) is -0.442. The Balaban J connectivity index is 2.15. The van der Waals surface area contributed by atoms with Gasteiger partial charge in [-0.25, -0.2) is 8.42 Å². The van der Waals surface area contributed by atoms with Crippen LogP contribution in [0.1, 0.15) is 17.2 Å². The van der Waals surface area contributed by atoms with E-state index in [0.29, 0.717) is 5.56 Å². The van der Waals surface area contributed by atoms with E-state index in [-0.39, 0.29) is 21.2 Å². The molecule has 0 spiro atoms. The maximum atomic E-state index is 12.9. The standard InChI is InChI=1S/C21H16ClN3O3S/c22-18-14-8-7-13-17(18)21(26)20(24-23)19(15-9-3-1-4-10-15)25-29(27,28)16-11-5-2-6-12-16/h1-14,19,25H/p+1/b21-20+. The van der Waals surface area contributed by atoms with Crippen molar-refractivity contribution in [1.29, 1.82) is 5.39 Å². The Morgan fingerprint density at radius 2 is 1.48 bits per heavy atom. The lowest BCUT2D eigenvalue weighted by Crippen LogP contribution is -2.30. The van der Waals surface area contributed by atoms with Crippen LogP contribution < -0.4 is 4.72 Å². The van der Waals surface area contributed by atoms with E-state index in [1.165, 1.54) is 18.2 Å². The van der Waals surface area contributed by atoms with Gasteiger partial charge >= 0.3 is 5.70 Å². The fraction of sp³-hybridized carbons (Fsp3) is 0.0476. The quantitative estimate of drug-likeness (QED) is 0.421. The Morgan fingerprint density at radius 1 is 0.931 bits per heavy atom. The number of nitrogens with one attached hydrogen (secondary N) is 1. The summed E-state index contributed by atoms with van der Waals surface area (Å²) in [6.45, 7) is 0. The topological polar surface area (TPSA) is 94.5 Å². The molecule has 0 fully saturated rings. The monoisotopic (exact) mass is 426 g/mol. The first kappa shape index (κ1) is 20.6. The lowest BCUT2D eigenvalue weighted by atomic mass is 10.0. The molecule has 29 heavy (non-hydrogen) atoms. The molecule has 0 aromatic heterocycles. The van der Waals surface area contributed by atoms with E-state index in [2.05, 4.69) is 9.70 Å². The fourth-order valence-corrected chi connectivity index (χ4v) is 4.22. The van der Waals surface area contributed by atoms with Gasteiger partial charge in [0.05, 0.1) is 9.92 Å². The minimum absolute atomic E-state index is 0.0375. The first-order valence-corrected chi connectivity index (χ1v) is 10.5. The highest BCUT2D eigenvalue weighted by molar-refractivity contribution is 7.89. The minimum Gasteiger partial charge on any atom is -0.501 e. The second-order valence-corrected chi connectivity index (χ2v) is 8.21. The zero-order valence-corrected chi connectivity index (χ0v) is 16.7.